The smallest absolute Gasteiger partial charge is 0.322 e. The highest BCUT2D eigenvalue weighted by Gasteiger charge is 2.22. The molecule has 27 heavy (non-hydrogen) atoms. The maximum atomic E-state index is 12.5. The molecule has 8 heteroatoms. The molecule has 3 amide bonds. The van der Waals surface area contributed by atoms with Gasteiger partial charge in [0.1, 0.15) is 0 Å². The number of carbonyl (C=O) groups excluding carboxylic acids is 2. The molecule has 3 rings (SSSR count). The third kappa shape index (κ3) is 4.84. The molecule has 0 unspecified atom stereocenters. The van der Waals surface area contributed by atoms with Crippen LogP contribution in [0.1, 0.15) is 6.92 Å². The molecule has 1 aliphatic heterocycles. The lowest BCUT2D eigenvalue weighted by molar-refractivity contribution is -0.114. The van der Waals surface area contributed by atoms with Crippen molar-refractivity contribution in [3.05, 3.63) is 52.5 Å². The molecule has 0 saturated carbocycles. The number of urea groups is 1. The normalized spacial score (nSPS) is 14.0. The van der Waals surface area contributed by atoms with E-state index in [4.69, 9.17) is 23.2 Å². The minimum atomic E-state index is -0.217. The molecule has 0 atom stereocenters. The highest BCUT2D eigenvalue weighted by atomic mass is 35.5. The first-order valence-electron chi connectivity index (χ1n) is 8.56. The van der Waals surface area contributed by atoms with E-state index in [9.17, 15) is 9.59 Å². The van der Waals surface area contributed by atoms with E-state index in [1.165, 1.54) is 6.92 Å². The Labute approximate surface area is 168 Å². The minimum Gasteiger partial charge on any atom is -0.368 e. The quantitative estimate of drug-likeness (QED) is 0.797. The fraction of sp³-hybridized carbons (Fsp3) is 0.263. The van der Waals surface area contributed by atoms with Crippen molar-refractivity contribution in [3.8, 4) is 0 Å². The van der Waals surface area contributed by atoms with Crippen molar-refractivity contribution < 1.29 is 9.59 Å². The highest BCUT2D eigenvalue weighted by molar-refractivity contribution is 6.39. The maximum absolute atomic E-state index is 12.5. The summed E-state index contributed by atoms with van der Waals surface area (Å²) in [6.45, 7) is 4.07. The first-order chi connectivity index (χ1) is 12.9. The van der Waals surface area contributed by atoms with Gasteiger partial charge in [0.2, 0.25) is 5.91 Å². The number of piperazine rings is 1. The predicted molar refractivity (Wildman–Crippen MR) is 110 cm³/mol. The summed E-state index contributed by atoms with van der Waals surface area (Å²) >= 11 is 12.2. The third-order valence-corrected chi connectivity index (χ3v) is 4.94. The molecule has 6 nitrogen and oxygen atoms in total. The number of benzene rings is 2. The average molecular weight is 407 g/mol. The van der Waals surface area contributed by atoms with Crippen LogP contribution in [0.5, 0.6) is 0 Å². The Hall–Kier alpha value is -2.44. The second-order valence-corrected chi connectivity index (χ2v) is 7.04. The van der Waals surface area contributed by atoms with E-state index in [1.807, 2.05) is 24.3 Å². The van der Waals surface area contributed by atoms with Crippen LogP contribution < -0.4 is 15.5 Å². The summed E-state index contributed by atoms with van der Waals surface area (Å²) in [4.78, 5) is 27.5. The molecule has 0 aromatic heterocycles. The number of nitrogens with one attached hydrogen (secondary N) is 2. The molecular weight excluding hydrogens is 387 g/mol. The zero-order valence-electron chi connectivity index (χ0n) is 14.8. The van der Waals surface area contributed by atoms with E-state index in [1.54, 1.807) is 23.1 Å². The first-order valence-corrected chi connectivity index (χ1v) is 9.32. The summed E-state index contributed by atoms with van der Waals surface area (Å²) in [5.41, 5.74) is 2.25. The Balaban J connectivity index is 1.57. The molecule has 0 radical (unpaired) electrons. The lowest BCUT2D eigenvalue weighted by atomic mass is 10.2. The molecule has 2 N–H and O–H groups in total. The van der Waals surface area contributed by atoms with Crippen molar-refractivity contribution in [2.75, 3.05) is 41.7 Å². The Bertz CT molecular complexity index is 814. The van der Waals surface area contributed by atoms with Gasteiger partial charge in [0.15, 0.2) is 0 Å². The Morgan fingerprint density at radius 2 is 1.48 bits per heavy atom. The van der Waals surface area contributed by atoms with Crippen LogP contribution in [0.3, 0.4) is 0 Å². The monoisotopic (exact) mass is 406 g/mol. The van der Waals surface area contributed by atoms with E-state index < -0.39 is 0 Å². The number of anilines is 3. The zero-order valence-corrected chi connectivity index (χ0v) is 16.3. The number of hydrogen-bond donors (Lipinski definition) is 2. The summed E-state index contributed by atoms with van der Waals surface area (Å²) in [5, 5.41) is 6.36. The summed E-state index contributed by atoms with van der Waals surface area (Å²) in [6.07, 6.45) is 0. The second-order valence-electron chi connectivity index (χ2n) is 6.23. The van der Waals surface area contributed by atoms with Gasteiger partial charge in [0, 0.05) is 44.5 Å². The highest BCUT2D eigenvalue weighted by Crippen LogP contribution is 2.30. The lowest BCUT2D eigenvalue weighted by Crippen LogP contribution is -2.50. The standard InChI is InChI=1S/C19H20Cl2N4O2/c1-13(26)22-14-5-7-15(8-6-14)24-9-11-25(12-10-24)19(27)23-18-16(20)3-2-4-17(18)21/h2-8H,9-12H2,1H3,(H,22,26)(H,23,27). The molecule has 142 valence electrons. The third-order valence-electron chi connectivity index (χ3n) is 4.31. The van der Waals surface area contributed by atoms with Crippen LogP contribution in [-0.4, -0.2) is 43.0 Å². The molecule has 1 heterocycles. The van der Waals surface area contributed by atoms with E-state index >= 15 is 0 Å². The number of rotatable bonds is 3. The van der Waals surface area contributed by atoms with Gasteiger partial charge < -0.3 is 20.4 Å². The maximum Gasteiger partial charge on any atom is 0.322 e. The van der Waals surface area contributed by atoms with Crippen molar-refractivity contribution >= 4 is 52.2 Å². The molecule has 2 aromatic rings. The van der Waals surface area contributed by atoms with Gasteiger partial charge in [-0.15, -0.1) is 0 Å². The van der Waals surface area contributed by atoms with Gasteiger partial charge in [0.25, 0.3) is 0 Å². The summed E-state index contributed by atoms with van der Waals surface area (Å²) < 4.78 is 0. The van der Waals surface area contributed by atoms with Crippen LogP contribution in [0.2, 0.25) is 10.0 Å². The zero-order chi connectivity index (χ0) is 19.4. The van der Waals surface area contributed by atoms with Gasteiger partial charge in [-0.3, -0.25) is 4.79 Å². The molecule has 2 aromatic carbocycles. The Morgan fingerprint density at radius 1 is 0.889 bits per heavy atom. The van der Waals surface area contributed by atoms with Crippen molar-refractivity contribution in [3.63, 3.8) is 0 Å². The number of nitrogens with zero attached hydrogens (tertiary/aromatic N) is 2. The van der Waals surface area contributed by atoms with E-state index in [-0.39, 0.29) is 11.9 Å². The van der Waals surface area contributed by atoms with Crippen molar-refractivity contribution in [2.24, 2.45) is 0 Å². The molecule has 0 spiro atoms. The van der Waals surface area contributed by atoms with Crippen LogP contribution in [0, 0.1) is 0 Å². The molecule has 1 fully saturated rings. The van der Waals surface area contributed by atoms with Crippen LogP contribution in [0.25, 0.3) is 0 Å². The fourth-order valence-electron chi connectivity index (χ4n) is 2.93. The van der Waals surface area contributed by atoms with E-state index in [0.717, 1.165) is 11.4 Å². The summed E-state index contributed by atoms with van der Waals surface area (Å²) in [5.74, 6) is -0.0963. The molecular formula is C19H20Cl2N4O2. The van der Waals surface area contributed by atoms with Gasteiger partial charge in [-0.1, -0.05) is 29.3 Å². The Kier molecular flexibility index (Phi) is 6.08. The number of amides is 3. The number of hydrogen-bond acceptors (Lipinski definition) is 3. The van der Waals surface area contributed by atoms with Crippen LogP contribution >= 0.6 is 23.2 Å². The number of carbonyl (C=O) groups is 2. The molecule has 1 aliphatic rings. The summed E-state index contributed by atoms with van der Waals surface area (Å²) in [7, 11) is 0. The van der Waals surface area contributed by atoms with Crippen LogP contribution in [-0.2, 0) is 4.79 Å². The average Bonchev–Trinajstić information content (AvgIpc) is 2.65. The number of halogens is 2. The predicted octanol–water partition coefficient (Wildman–Crippen LogP) is 4.31. The minimum absolute atomic E-state index is 0.0963. The van der Waals surface area contributed by atoms with Gasteiger partial charge in [-0.2, -0.15) is 0 Å². The van der Waals surface area contributed by atoms with Crippen LogP contribution in [0.15, 0.2) is 42.5 Å². The lowest BCUT2D eigenvalue weighted by Gasteiger charge is -2.36. The number of para-hydroxylation sites is 1. The van der Waals surface area contributed by atoms with Gasteiger partial charge in [-0.25, -0.2) is 4.79 Å². The van der Waals surface area contributed by atoms with Crippen molar-refractivity contribution in [2.45, 2.75) is 6.92 Å². The topological polar surface area (TPSA) is 64.7 Å². The van der Waals surface area contributed by atoms with E-state index in [2.05, 4.69) is 15.5 Å². The molecule has 0 bridgehead atoms. The van der Waals surface area contributed by atoms with Gasteiger partial charge in [0.05, 0.1) is 15.7 Å². The summed E-state index contributed by atoms with van der Waals surface area (Å²) in [6, 6.07) is 12.6. The first kappa shape index (κ1) is 19.3. The van der Waals surface area contributed by atoms with Crippen molar-refractivity contribution in [1.29, 1.82) is 0 Å². The fourth-order valence-corrected chi connectivity index (χ4v) is 3.42. The van der Waals surface area contributed by atoms with Crippen LogP contribution in [0.4, 0.5) is 21.9 Å². The van der Waals surface area contributed by atoms with E-state index in [0.29, 0.717) is 41.9 Å². The molecule has 0 aliphatic carbocycles. The van der Waals surface area contributed by atoms with Gasteiger partial charge in [-0.05, 0) is 36.4 Å². The molecule has 1 saturated heterocycles. The largest absolute Gasteiger partial charge is 0.368 e. The SMILES string of the molecule is CC(=O)Nc1ccc(N2CCN(C(=O)Nc3c(Cl)cccc3Cl)CC2)cc1. The Morgan fingerprint density at radius 3 is 2.04 bits per heavy atom. The van der Waals surface area contributed by atoms with Gasteiger partial charge >= 0.3 is 6.03 Å². The van der Waals surface area contributed by atoms with Crippen molar-refractivity contribution in [1.82, 2.24) is 4.90 Å². The second kappa shape index (κ2) is 8.50.